The van der Waals surface area contributed by atoms with E-state index in [1.54, 1.807) is 0 Å². The molecule has 26 heavy (non-hydrogen) atoms. The van der Waals surface area contributed by atoms with Crippen LogP contribution in [0.15, 0.2) is 24.3 Å². The minimum atomic E-state index is 0.166. The summed E-state index contributed by atoms with van der Waals surface area (Å²) in [5.74, 6) is 0.166. The molecule has 0 radical (unpaired) electrons. The monoisotopic (exact) mass is 354 g/mol. The van der Waals surface area contributed by atoms with Gasteiger partial charge in [0.05, 0.1) is 0 Å². The van der Waals surface area contributed by atoms with Crippen LogP contribution >= 0.6 is 0 Å². The van der Waals surface area contributed by atoms with E-state index in [9.17, 15) is 4.79 Å². The summed E-state index contributed by atoms with van der Waals surface area (Å²) in [7, 11) is 4.46. The number of H-pyrrole nitrogens is 1. The van der Waals surface area contributed by atoms with Crippen LogP contribution in [0.4, 0.5) is 0 Å². The van der Waals surface area contributed by atoms with Crippen molar-refractivity contribution in [3.8, 4) is 0 Å². The van der Waals surface area contributed by atoms with Crippen molar-refractivity contribution in [1.29, 1.82) is 0 Å². The van der Waals surface area contributed by atoms with Crippen molar-refractivity contribution in [2.45, 2.75) is 31.7 Å². The van der Waals surface area contributed by atoms with E-state index in [1.165, 1.54) is 5.39 Å². The molecule has 0 atom stereocenters. The van der Waals surface area contributed by atoms with Gasteiger partial charge in [-0.1, -0.05) is 25.1 Å². The number of likely N-dealkylation sites (tertiary alicyclic amines) is 1. The molecule has 0 bridgehead atoms. The Morgan fingerprint density at radius 2 is 1.85 bits per heavy atom. The van der Waals surface area contributed by atoms with Gasteiger partial charge in [-0.25, -0.2) is 0 Å². The number of likely N-dealkylation sites (N-methyl/N-ethyl adjacent to an activating group) is 2. The predicted molar refractivity (Wildman–Crippen MR) is 106 cm³/mol. The molecule has 2 saturated heterocycles. The molecule has 0 aliphatic carbocycles. The van der Waals surface area contributed by atoms with Crippen LogP contribution in [0.5, 0.6) is 0 Å². The summed E-state index contributed by atoms with van der Waals surface area (Å²) in [5, 5.41) is 1.18. The third kappa shape index (κ3) is 2.83. The number of para-hydroxylation sites is 1. The van der Waals surface area contributed by atoms with Crippen molar-refractivity contribution in [3.05, 3.63) is 35.5 Å². The highest BCUT2D eigenvalue weighted by atomic mass is 16.2. The Morgan fingerprint density at radius 1 is 1.12 bits per heavy atom. The molecule has 2 aliphatic rings. The van der Waals surface area contributed by atoms with Crippen molar-refractivity contribution < 1.29 is 4.79 Å². The maximum atomic E-state index is 13.2. The number of carbonyl (C=O) groups excluding carboxylic acids is 1. The maximum absolute atomic E-state index is 13.2. The van der Waals surface area contributed by atoms with Crippen LogP contribution in [0.1, 0.15) is 35.8 Å². The van der Waals surface area contributed by atoms with Gasteiger partial charge in [0.1, 0.15) is 5.69 Å². The average Bonchev–Trinajstić information content (AvgIpc) is 3.04. The van der Waals surface area contributed by atoms with Crippen LogP contribution in [0.2, 0.25) is 0 Å². The lowest BCUT2D eigenvalue weighted by Crippen LogP contribution is -2.64. The van der Waals surface area contributed by atoms with Crippen molar-refractivity contribution in [2.75, 3.05) is 46.8 Å². The highest BCUT2D eigenvalue weighted by molar-refractivity contribution is 6.01. The van der Waals surface area contributed by atoms with Gasteiger partial charge in [-0.3, -0.25) is 9.69 Å². The molecule has 140 valence electrons. The third-order valence-corrected chi connectivity index (χ3v) is 6.55. The number of piperidine rings is 1. The lowest BCUT2D eigenvalue weighted by Gasteiger charge is -2.52. The summed E-state index contributed by atoms with van der Waals surface area (Å²) in [4.78, 5) is 23.6. The number of aromatic amines is 1. The highest BCUT2D eigenvalue weighted by Crippen LogP contribution is 2.32. The second-order valence-electron chi connectivity index (χ2n) is 8.05. The molecule has 0 saturated carbocycles. The van der Waals surface area contributed by atoms with E-state index in [0.717, 1.165) is 68.8 Å². The molecule has 2 fully saturated rings. The molecule has 4 rings (SSSR count). The average molecular weight is 354 g/mol. The number of nitrogens with zero attached hydrogens (tertiary/aromatic N) is 3. The number of aromatic nitrogens is 1. The molecule has 1 spiro atoms. The molecule has 0 unspecified atom stereocenters. The zero-order chi connectivity index (χ0) is 18.3. The number of rotatable bonds is 2. The summed E-state index contributed by atoms with van der Waals surface area (Å²) in [5.41, 5.74) is 3.24. The molecular weight excluding hydrogens is 324 g/mol. The van der Waals surface area contributed by atoms with Gasteiger partial charge in [0, 0.05) is 49.2 Å². The van der Waals surface area contributed by atoms with Gasteiger partial charge in [-0.2, -0.15) is 0 Å². The number of fused-ring (bicyclic) bond motifs is 1. The number of piperazine rings is 1. The molecule has 2 aromatic rings. The first-order valence-corrected chi connectivity index (χ1v) is 9.83. The summed E-state index contributed by atoms with van der Waals surface area (Å²) >= 11 is 0. The van der Waals surface area contributed by atoms with E-state index >= 15 is 0 Å². The van der Waals surface area contributed by atoms with Crippen LogP contribution in [0.25, 0.3) is 10.9 Å². The number of amides is 1. The molecule has 1 aromatic carbocycles. The first kappa shape index (κ1) is 17.6. The minimum Gasteiger partial charge on any atom is -0.350 e. The Hall–Kier alpha value is -1.85. The predicted octanol–water partition coefficient (Wildman–Crippen LogP) is 2.58. The second kappa shape index (κ2) is 6.71. The first-order valence-electron chi connectivity index (χ1n) is 9.83. The molecule has 1 aromatic heterocycles. The molecule has 1 amide bonds. The normalized spacial score (nSPS) is 21.6. The Kier molecular flexibility index (Phi) is 4.53. The van der Waals surface area contributed by atoms with Gasteiger partial charge in [0.15, 0.2) is 0 Å². The van der Waals surface area contributed by atoms with E-state index < -0.39 is 0 Å². The van der Waals surface area contributed by atoms with Crippen molar-refractivity contribution in [3.63, 3.8) is 0 Å². The Morgan fingerprint density at radius 3 is 2.58 bits per heavy atom. The summed E-state index contributed by atoms with van der Waals surface area (Å²) in [6.07, 6.45) is 2.99. The van der Waals surface area contributed by atoms with E-state index in [-0.39, 0.29) is 11.4 Å². The van der Waals surface area contributed by atoms with E-state index in [2.05, 4.69) is 52.8 Å². The topological polar surface area (TPSA) is 42.6 Å². The smallest absolute Gasteiger partial charge is 0.270 e. The zero-order valence-electron chi connectivity index (χ0n) is 16.2. The van der Waals surface area contributed by atoms with Crippen LogP contribution in [0.3, 0.4) is 0 Å². The van der Waals surface area contributed by atoms with Gasteiger partial charge in [-0.15, -0.1) is 0 Å². The number of hydrogen-bond donors (Lipinski definition) is 1. The van der Waals surface area contributed by atoms with E-state index in [0.29, 0.717) is 0 Å². The molecule has 2 aliphatic heterocycles. The van der Waals surface area contributed by atoms with Gasteiger partial charge >= 0.3 is 0 Å². The fourth-order valence-corrected chi connectivity index (χ4v) is 4.83. The quantitative estimate of drug-likeness (QED) is 0.901. The Labute approximate surface area is 155 Å². The standard InChI is InChI=1S/C21H30N4O/c1-4-16-17-7-5-6-8-18(17)22-19(16)20(26)25-11-9-21(10-12-25)15-23(2)13-14-24(21)3/h5-8,22H,4,9-15H2,1-3H3. The molecule has 5 heteroatoms. The molecule has 3 heterocycles. The number of hydrogen-bond acceptors (Lipinski definition) is 3. The molecular formula is C21H30N4O. The first-order chi connectivity index (χ1) is 12.5. The van der Waals surface area contributed by atoms with Crippen LogP contribution in [0, 0.1) is 0 Å². The van der Waals surface area contributed by atoms with E-state index in [1.807, 2.05) is 12.1 Å². The fourth-order valence-electron chi connectivity index (χ4n) is 4.83. The number of benzene rings is 1. The summed E-state index contributed by atoms with van der Waals surface area (Å²) in [6.45, 7) is 7.18. The van der Waals surface area contributed by atoms with Crippen molar-refractivity contribution in [2.24, 2.45) is 0 Å². The van der Waals surface area contributed by atoms with Gasteiger partial charge in [0.2, 0.25) is 0 Å². The molecule has 5 nitrogen and oxygen atoms in total. The van der Waals surface area contributed by atoms with Crippen LogP contribution in [-0.4, -0.2) is 77.9 Å². The number of carbonyl (C=O) groups is 1. The Bertz CT molecular complexity index is 803. The minimum absolute atomic E-state index is 0.166. The maximum Gasteiger partial charge on any atom is 0.270 e. The van der Waals surface area contributed by atoms with Crippen molar-refractivity contribution in [1.82, 2.24) is 19.7 Å². The number of aryl methyl sites for hydroxylation is 1. The third-order valence-electron chi connectivity index (χ3n) is 6.55. The summed E-state index contributed by atoms with van der Waals surface area (Å²) in [6, 6.07) is 8.24. The van der Waals surface area contributed by atoms with Crippen LogP contribution < -0.4 is 0 Å². The number of nitrogens with one attached hydrogen (secondary N) is 1. The Balaban J connectivity index is 1.54. The summed E-state index contributed by atoms with van der Waals surface area (Å²) < 4.78 is 0. The van der Waals surface area contributed by atoms with Gasteiger partial charge in [0.25, 0.3) is 5.91 Å². The van der Waals surface area contributed by atoms with E-state index in [4.69, 9.17) is 0 Å². The largest absolute Gasteiger partial charge is 0.350 e. The molecule has 1 N–H and O–H groups in total. The second-order valence-corrected chi connectivity index (χ2v) is 8.05. The fraction of sp³-hybridized carbons (Fsp3) is 0.571. The van der Waals surface area contributed by atoms with Gasteiger partial charge in [-0.05, 0) is 45.0 Å². The van der Waals surface area contributed by atoms with Crippen molar-refractivity contribution >= 4 is 16.8 Å². The van der Waals surface area contributed by atoms with Crippen LogP contribution in [-0.2, 0) is 6.42 Å². The SMILES string of the molecule is CCc1c(C(=O)N2CCC3(CC2)CN(C)CCN3C)[nH]c2ccccc12. The highest BCUT2D eigenvalue weighted by Gasteiger charge is 2.42. The zero-order valence-corrected chi connectivity index (χ0v) is 16.2. The lowest BCUT2D eigenvalue weighted by atomic mass is 9.83. The van der Waals surface area contributed by atoms with Gasteiger partial charge < -0.3 is 14.8 Å². The lowest BCUT2D eigenvalue weighted by molar-refractivity contribution is -0.0158.